The van der Waals surface area contributed by atoms with Crippen molar-refractivity contribution in [1.29, 1.82) is 5.26 Å². The molecule has 0 radical (unpaired) electrons. The van der Waals surface area contributed by atoms with Crippen molar-refractivity contribution in [3.8, 4) is 17.3 Å². The molecule has 1 saturated heterocycles. The highest BCUT2D eigenvalue weighted by molar-refractivity contribution is 5.95. The van der Waals surface area contributed by atoms with Crippen LogP contribution in [0.5, 0.6) is 0 Å². The summed E-state index contributed by atoms with van der Waals surface area (Å²) in [6, 6.07) is 11.4. The number of carbonyl (C=O) groups is 2. The van der Waals surface area contributed by atoms with Gasteiger partial charge in [0.25, 0.3) is 5.91 Å². The average molecular weight is 362 g/mol. The SMILES string of the molecule is CC(=O)N[C@H]1CCN(C(=O)c2cccc(-c3cc(C)c(C#N)c(C)n3)c2)C1. The summed E-state index contributed by atoms with van der Waals surface area (Å²) in [6.45, 7) is 6.34. The minimum absolute atomic E-state index is 0.0140. The smallest absolute Gasteiger partial charge is 0.253 e. The molecule has 0 bridgehead atoms. The van der Waals surface area contributed by atoms with Crippen molar-refractivity contribution in [3.05, 3.63) is 52.7 Å². The van der Waals surface area contributed by atoms with Gasteiger partial charge in [-0.15, -0.1) is 0 Å². The van der Waals surface area contributed by atoms with Gasteiger partial charge >= 0.3 is 0 Å². The molecule has 27 heavy (non-hydrogen) atoms. The lowest BCUT2D eigenvalue weighted by Gasteiger charge is -2.17. The molecule has 1 N–H and O–H groups in total. The van der Waals surface area contributed by atoms with Crippen LogP contribution in [0.15, 0.2) is 30.3 Å². The minimum atomic E-state index is -0.0751. The number of pyridine rings is 1. The number of hydrogen-bond donors (Lipinski definition) is 1. The maximum Gasteiger partial charge on any atom is 0.253 e. The Morgan fingerprint density at radius 3 is 2.74 bits per heavy atom. The third kappa shape index (κ3) is 3.98. The molecule has 0 aliphatic carbocycles. The maximum absolute atomic E-state index is 12.8. The van der Waals surface area contributed by atoms with Crippen molar-refractivity contribution in [2.45, 2.75) is 33.2 Å². The van der Waals surface area contributed by atoms with Gasteiger partial charge in [0.05, 0.1) is 17.0 Å². The lowest BCUT2D eigenvalue weighted by Crippen LogP contribution is -2.37. The van der Waals surface area contributed by atoms with E-state index in [-0.39, 0.29) is 17.9 Å². The number of nitrogens with zero attached hydrogens (tertiary/aromatic N) is 3. The van der Waals surface area contributed by atoms with Crippen molar-refractivity contribution in [2.24, 2.45) is 0 Å². The van der Waals surface area contributed by atoms with Crippen LogP contribution in [0.2, 0.25) is 0 Å². The second-order valence-electron chi connectivity index (χ2n) is 6.91. The molecule has 0 saturated carbocycles. The monoisotopic (exact) mass is 362 g/mol. The van der Waals surface area contributed by atoms with Crippen LogP contribution in [-0.2, 0) is 4.79 Å². The number of rotatable bonds is 3. The van der Waals surface area contributed by atoms with Gasteiger partial charge in [0.2, 0.25) is 5.91 Å². The van der Waals surface area contributed by atoms with Gasteiger partial charge in [-0.25, -0.2) is 0 Å². The molecular formula is C21H22N4O2. The predicted octanol–water partition coefficient (Wildman–Crippen LogP) is 2.59. The topological polar surface area (TPSA) is 86.1 Å². The summed E-state index contributed by atoms with van der Waals surface area (Å²) in [5.41, 5.74) is 4.33. The van der Waals surface area contributed by atoms with Gasteiger partial charge in [-0.2, -0.15) is 5.26 Å². The largest absolute Gasteiger partial charge is 0.352 e. The highest BCUT2D eigenvalue weighted by atomic mass is 16.2. The standard InChI is InChI=1S/C21H22N4O2/c1-13-9-20(23-14(2)19(13)11-22)16-5-4-6-17(10-16)21(27)25-8-7-18(12-25)24-15(3)26/h4-6,9-10,18H,7-8,12H2,1-3H3,(H,24,26)/t18-/m0/s1. The fourth-order valence-corrected chi connectivity index (χ4v) is 3.49. The van der Waals surface area contributed by atoms with Gasteiger partial charge in [-0.3, -0.25) is 14.6 Å². The summed E-state index contributed by atoms with van der Waals surface area (Å²) in [6.07, 6.45) is 0.764. The molecule has 3 rings (SSSR count). The number of hydrogen-bond acceptors (Lipinski definition) is 4. The molecule has 6 heteroatoms. The molecule has 6 nitrogen and oxygen atoms in total. The van der Waals surface area contributed by atoms with Gasteiger partial charge in [0, 0.05) is 37.2 Å². The van der Waals surface area contributed by atoms with Crippen molar-refractivity contribution in [1.82, 2.24) is 15.2 Å². The van der Waals surface area contributed by atoms with Crippen molar-refractivity contribution < 1.29 is 9.59 Å². The molecule has 1 fully saturated rings. The van der Waals surface area contributed by atoms with E-state index in [4.69, 9.17) is 0 Å². The molecule has 1 aliphatic heterocycles. The van der Waals surface area contributed by atoms with Crippen LogP contribution in [0.25, 0.3) is 11.3 Å². The number of nitrogens with one attached hydrogen (secondary N) is 1. The van der Waals surface area contributed by atoms with Crippen LogP contribution >= 0.6 is 0 Å². The van der Waals surface area contributed by atoms with E-state index in [0.29, 0.717) is 29.9 Å². The predicted molar refractivity (Wildman–Crippen MR) is 102 cm³/mol. The zero-order valence-electron chi connectivity index (χ0n) is 15.7. The van der Waals surface area contributed by atoms with Gasteiger partial charge < -0.3 is 10.2 Å². The molecule has 1 aromatic carbocycles. The third-order valence-electron chi connectivity index (χ3n) is 4.80. The lowest BCUT2D eigenvalue weighted by molar-refractivity contribution is -0.119. The second-order valence-corrected chi connectivity index (χ2v) is 6.91. The Labute approximate surface area is 158 Å². The van der Waals surface area contributed by atoms with E-state index in [2.05, 4.69) is 16.4 Å². The molecule has 1 aromatic heterocycles. The molecule has 0 spiro atoms. The van der Waals surface area contributed by atoms with E-state index in [0.717, 1.165) is 23.2 Å². The van der Waals surface area contributed by atoms with Crippen molar-refractivity contribution >= 4 is 11.8 Å². The first-order valence-corrected chi connectivity index (χ1v) is 8.94. The highest BCUT2D eigenvalue weighted by Crippen LogP contribution is 2.24. The fraction of sp³-hybridized carbons (Fsp3) is 0.333. The molecule has 2 amide bonds. The first-order valence-electron chi connectivity index (χ1n) is 8.94. The Morgan fingerprint density at radius 2 is 2.07 bits per heavy atom. The Hall–Kier alpha value is -3.20. The molecule has 0 unspecified atom stereocenters. The van der Waals surface area contributed by atoms with Crippen LogP contribution in [0.4, 0.5) is 0 Å². The van der Waals surface area contributed by atoms with Crippen LogP contribution in [0, 0.1) is 25.2 Å². The Balaban J connectivity index is 1.83. The molecular weight excluding hydrogens is 340 g/mol. The van der Waals surface area contributed by atoms with E-state index in [1.54, 1.807) is 11.0 Å². The number of aryl methyl sites for hydroxylation is 2. The summed E-state index contributed by atoms with van der Waals surface area (Å²) in [5.74, 6) is -0.124. The van der Waals surface area contributed by atoms with Crippen LogP contribution in [-0.4, -0.2) is 40.8 Å². The number of amides is 2. The van der Waals surface area contributed by atoms with Crippen LogP contribution in [0.1, 0.15) is 40.5 Å². The van der Waals surface area contributed by atoms with E-state index >= 15 is 0 Å². The second kappa shape index (κ2) is 7.58. The van der Waals surface area contributed by atoms with Gasteiger partial charge in [-0.1, -0.05) is 12.1 Å². The first-order chi connectivity index (χ1) is 12.9. The van der Waals surface area contributed by atoms with E-state index < -0.39 is 0 Å². The molecule has 2 aromatic rings. The Bertz CT molecular complexity index is 922. The first kappa shape index (κ1) is 18.6. The zero-order chi connectivity index (χ0) is 19.6. The fourth-order valence-electron chi connectivity index (χ4n) is 3.49. The van der Waals surface area contributed by atoms with Crippen LogP contribution < -0.4 is 5.32 Å². The lowest BCUT2D eigenvalue weighted by atomic mass is 10.0. The summed E-state index contributed by atoms with van der Waals surface area (Å²) >= 11 is 0. The van der Waals surface area contributed by atoms with Gasteiger partial charge in [0.1, 0.15) is 6.07 Å². The van der Waals surface area contributed by atoms with E-state index in [1.165, 1.54) is 6.92 Å². The summed E-state index contributed by atoms with van der Waals surface area (Å²) in [5, 5.41) is 12.1. The number of nitriles is 1. The molecule has 138 valence electrons. The van der Waals surface area contributed by atoms with Crippen molar-refractivity contribution in [3.63, 3.8) is 0 Å². The number of carbonyl (C=O) groups excluding carboxylic acids is 2. The number of likely N-dealkylation sites (tertiary alicyclic amines) is 1. The number of aromatic nitrogens is 1. The van der Waals surface area contributed by atoms with Crippen LogP contribution in [0.3, 0.4) is 0 Å². The third-order valence-corrected chi connectivity index (χ3v) is 4.80. The molecule has 1 aliphatic rings. The quantitative estimate of drug-likeness (QED) is 0.909. The average Bonchev–Trinajstić information content (AvgIpc) is 3.08. The van der Waals surface area contributed by atoms with Crippen molar-refractivity contribution in [2.75, 3.05) is 13.1 Å². The van der Waals surface area contributed by atoms with Gasteiger partial charge in [-0.05, 0) is 44.0 Å². The minimum Gasteiger partial charge on any atom is -0.352 e. The maximum atomic E-state index is 12.8. The molecule has 1 atom stereocenters. The summed E-state index contributed by atoms with van der Waals surface area (Å²) in [4.78, 5) is 30.3. The summed E-state index contributed by atoms with van der Waals surface area (Å²) < 4.78 is 0. The highest BCUT2D eigenvalue weighted by Gasteiger charge is 2.27. The zero-order valence-corrected chi connectivity index (χ0v) is 15.7. The molecule has 2 heterocycles. The Morgan fingerprint density at radius 1 is 1.30 bits per heavy atom. The Kier molecular flexibility index (Phi) is 5.22. The van der Waals surface area contributed by atoms with Gasteiger partial charge in [0.15, 0.2) is 0 Å². The normalized spacial score (nSPS) is 16.1. The van der Waals surface area contributed by atoms with E-state index in [1.807, 2.05) is 38.1 Å². The van der Waals surface area contributed by atoms with E-state index in [9.17, 15) is 14.9 Å². The summed E-state index contributed by atoms with van der Waals surface area (Å²) in [7, 11) is 0. The number of benzene rings is 1.